The molecule has 2 aliphatic rings. The Hall–Kier alpha value is -1.73. The van der Waals surface area contributed by atoms with E-state index in [0.29, 0.717) is 13.2 Å². The lowest BCUT2D eigenvalue weighted by atomic mass is 10.0. The number of hydrogen-bond acceptors (Lipinski definition) is 3. The quantitative estimate of drug-likeness (QED) is 0.551. The second-order valence-corrected chi connectivity index (χ2v) is 7.92. The molecule has 7 heteroatoms. The minimum absolute atomic E-state index is 0.00559. The van der Waals surface area contributed by atoms with Crippen molar-refractivity contribution in [3.05, 3.63) is 35.4 Å². The van der Waals surface area contributed by atoms with Crippen molar-refractivity contribution < 1.29 is 18.3 Å². The molecule has 0 radical (unpaired) electrons. The Labute approximate surface area is 172 Å². The Bertz CT molecular complexity index is 672. The van der Waals surface area contributed by atoms with Gasteiger partial charge in [-0.05, 0) is 50.3 Å². The maximum Gasteiger partial charge on any atom is 0.193 e. The van der Waals surface area contributed by atoms with Crippen molar-refractivity contribution in [2.45, 2.75) is 57.7 Å². The largest absolute Gasteiger partial charge is 0.376 e. The molecular formula is C22H33F2N3O2. The molecule has 2 atom stereocenters. The molecule has 0 aromatic heterocycles. The first-order valence-corrected chi connectivity index (χ1v) is 10.8. The van der Waals surface area contributed by atoms with Crippen LogP contribution < -0.4 is 5.32 Å². The number of benzene rings is 1. The standard InChI is InChI=1S/C22H33F2N3O2/c1-3-25-22(26-14-16(2)17-6-7-20(23)21(24)13-17)27-10-8-18(9-11-27)29-15-19-5-4-12-28-19/h6-7,13,16,18-19H,3-5,8-12,14-15H2,1-2H3,(H,25,26). The molecule has 2 heterocycles. The minimum Gasteiger partial charge on any atom is -0.376 e. The summed E-state index contributed by atoms with van der Waals surface area (Å²) in [6.07, 6.45) is 4.72. The molecule has 5 nitrogen and oxygen atoms in total. The predicted molar refractivity (Wildman–Crippen MR) is 110 cm³/mol. The number of piperidine rings is 1. The summed E-state index contributed by atoms with van der Waals surface area (Å²) < 4.78 is 38.3. The van der Waals surface area contributed by atoms with Crippen LogP contribution in [0.5, 0.6) is 0 Å². The van der Waals surface area contributed by atoms with Gasteiger partial charge in [0.15, 0.2) is 17.6 Å². The summed E-state index contributed by atoms with van der Waals surface area (Å²) in [5, 5.41) is 3.35. The van der Waals surface area contributed by atoms with Gasteiger partial charge >= 0.3 is 0 Å². The molecule has 162 valence electrons. The van der Waals surface area contributed by atoms with E-state index < -0.39 is 11.6 Å². The number of likely N-dealkylation sites (tertiary alicyclic amines) is 1. The highest BCUT2D eigenvalue weighted by molar-refractivity contribution is 5.80. The fourth-order valence-electron chi connectivity index (χ4n) is 3.83. The lowest BCUT2D eigenvalue weighted by Gasteiger charge is -2.34. The maximum absolute atomic E-state index is 13.5. The van der Waals surface area contributed by atoms with E-state index >= 15 is 0 Å². The summed E-state index contributed by atoms with van der Waals surface area (Å²) in [4.78, 5) is 7.01. The smallest absolute Gasteiger partial charge is 0.193 e. The molecule has 1 N–H and O–H groups in total. The molecule has 2 unspecified atom stereocenters. The van der Waals surface area contributed by atoms with Gasteiger partial charge < -0.3 is 19.7 Å². The van der Waals surface area contributed by atoms with Crippen LogP contribution in [0.2, 0.25) is 0 Å². The number of halogens is 2. The fourth-order valence-corrected chi connectivity index (χ4v) is 3.83. The van der Waals surface area contributed by atoms with Crippen LogP contribution in [-0.2, 0) is 9.47 Å². The Morgan fingerprint density at radius 3 is 2.72 bits per heavy atom. The maximum atomic E-state index is 13.5. The highest BCUT2D eigenvalue weighted by atomic mass is 19.2. The van der Waals surface area contributed by atoms with Gasteiger partial charge in [0.2, 0.25) is 0 Å². The number of guanidine groups is 1. The van der Waals surface area contributed by atoms with Crippen LogP contribution in [0.25, 0.3) is 0 Å². The van der Waals surface area contributed by atoms with Crippen LogP contribution >= 0.6 is 0 Å². The van der Waals surface area contributed by atoms with Crippen LogP contribution in [0.4, 0.5) is 8.78 Å². The zero-order chi connectivity index (χ0) is 20.6. The summed E-state index contributed by atoms with van der Waals surface area (Å²) in [7, 11) is 0. The number of aliphatic imine (C=N–C) groups is 1. The minimum atomic E-state index is -0.817. The number of hydrogen-bond donors (Lipinski definition) is 1. The van der Waals surface area contributed by atoms with E-state index in [1.807, 2.05) is 13.8 Å². The predicted octanol–water partition coefficient (Wildman–Crippen LogP) is 3.69. The lowest BCUT2D eigenvalue weighted by Crippen LogP contribution is -2.47. The first kappa shape index (κ1) is 22.0. The number of nitrogens with zero attached hydrogens (tertiary/aromatic N) is 2. The fraction of sp³-hybridized carbons (Fsp3) is 0.682. The molecular weight excluding hydrogens is 376 g/mol. The monoisotopic (exact) mass is 409 g/mol. The zero-order valence-corrected chi connectivity index (χ0v) is 17.5. The Morgan fingerprint density at radius 1 is 1.28 bits per heavy atom. The average molecular weight is 410 g/mol. The third-order valence-electron chi connectivity index (χ3n) is 5.65. The normalized spacial score (nSPS) is 22.1. The second-order valence-electron chi connectivity index (χ2n) is 7.92. The summed E-state index contributed by atoms with van der Waals surface area (Å²) in [5.41, 5.74) is 0.754. The van der Waals surface area contributed by atoms with Gasteiger partial charge in [-0.1, -0.05) is 13.0 Å². The van der Waals surface area contributed by atoms with Crippen LogP contribution in [0.15, 0.2) is 23.2 Å². The van der Waals surface area contributed by atoms with Crippen LogP contribution in [-0.4, -0.2) is 62.5 Å². The Balaban J connectivity index is 1.50. The van der Waals surface area contributed by atoms with E-state index in [0.717, 1.165) is 63.4 Å². The molecule has 3 rings (SSSR count). The van der Waals surface area contributed by atoms with Crippen molar-refractivity contribution in [2.75, 3.05) is 39.4 Å². The van der Waals surface area contributed by atoms with Gasteiger partial charge in [0.25, 0.3) is 0 Å². The molecule has 1 aromatic carbocycles. The van der Waals surface area contributed by atoms with Crippen molar-refractivity contribution in [2.24, 2.45) is 4.99 Å². The van der Waals surface area contributed by atoms with Gasteiger partial charge in [-0.15, -0.1) is 0 Å². The summed E-state index contributed by atoms with van der Waals surface area (Å²) in [6, 6.07) is 4.07. The highest BCUT2D eigenvalue weighted by Gasteiger charge is 2.24. The molecule has 2 saturated heterocycles. The van der Waals surface area contributed by atoms with Gasteiger partial charge in [0.1, 0.15) is 0 Å². The van der Waals surface area contributed by atoms with Crippen LogP contribution in [0, 0.1) is 11.6 Å². The summed E-state index contributed by atoms with van der Waals surface area (Å²) in [5.74, 6) is -0.747. The van der Waals surface area contributed by atoms with Gasteiger partial charge in [-0.25, -0.2) is 8.78 Å². The SMILES string of the molecule is CCNC(=NCC(C)c1ccc(F)c(F)c1)N1CCC(OCC2CCCO2)CC1. The van der Waals surface area contributed by atoms with Crippen LogP contribution in [0.3, 0.4) is 0 Å². The van der Waals surface area contributed by atoms with Crippen molar-refractivity contribution in [1.29, 1.82) is 0 Å². The average Bonchev–Trinajstić information content (AvgIpc) is 3.25. The van der Waals surface area contributed by atoms with E-state index in [4.69, 9.17) is 14.5 Å². The first-order valence-electron chi connectivity index (χ1n) is 10.8. The molecule has 0 spiro atoms. The van der Waals surface area contributed by atoms with Crippen molar-refractivity contribution in [3.63, 3.8) is 0 Å². The molecule has 2 fully saturated rings. The van der Waals surface area contributed by atoms with E-state index in [-0.39, 0.29) is 18.1 Å². The van der Waals surface area contributed by atoms with Crippen molar-refractivity contribution >= 4 is 5.96 Å². The zero-order valence-electron chi connectivity index (χ0n) is 17.5. The third-order valence-corrected chi connectivity index (χ3v) is 5.65. The number of rotatable bonds is 7. The van der Waals surface area contributed by atoms with E-state index in [9.17, 15) is 8.78 Å². The first-order chi connectivity index (χ1) is 14.1. The Kier molecular flexibility index (Phi) is 8.24. The summed E-state index contributed by atoms with van der Waals surface area (Å²) in [6.45, 7) is 8.67. The molecule has 0 amide bonds. The van der Waals surface area contributed by atoms with E-state index in [1.54, 1.807) is 6.07 Å². The van der Waals surface area contributed by atoms with Gasteiger partial charge in [0, 0.05) is 38.7 Å². The van der Waals surface area contributed by atoms with Gasteiger partial charge in [-0.3, -0.25) is 4.99 Å². The van der Waals surface area contributed by atoms with E-state index in [1.165, 1.54) is 12.1 Å². The molecule has 29 heavy (non-hydrogen) atoms. The molecule has 2 aliphatic heterocycles. The number of ether oxygens (including phenoxy) is 2. The van der Waals surface area contributed by atoms with Crippen LogP contribution in [0.1, 0.15) is 51.0 Å². The third kappa shape index (κ3) is 6.37. The number of nitrogens with one attached hydrogen (secondary N) is 1. The Morgan fingerprint density at radius 2 is 2.07 bits per heavy atom. The second kappa shape index (κ2) is 10.9. The van der Waals surface area contributed by atoms with E-state index in [2.05, 4.69) is 10.2 Å². The van der Waals surface area contributed by atoms with Crippen molar-refractivity contribution in [1.82, 2.24) is 10.2 Å². The molecule has 0 aliphatic carbocycles. The van der Waals surface area contributed by atoms with Gasteiger partial charge in [-0.2, -0.15) is 0 Å². The van der Waals surface area contributed by atoms with Crippen molar-refractivity contribution in [3.8, 4) is 0 Å². The van der Waals surface area contributed by atoms with Gasteiger partial charge in [0.05, 0.1) is 18.8 Å². The lowest BCUT2D eigenvalue weighted by molar-refractivity contribution is -0.0367. The summed E-state index contributed by atoms with van der Waals surface area (Å²) >= 11 is 0. The molecule has 0 bridgehead atoms. The molecule has 0 saturated carbocycles. The topological polar surface area (TPSA) is 46.1 Å². The highest BCUT2D eigenvalue weighted by Crippen LogP contribution is 2.20. The molecule has 1 aromatic rings.